The van der Waals surface area contributed by atoms with Crippen molar-refractivity contribution in [3.05, 3.63) is 69.2 Å². The lowest BCUT2D eigenvalue weighted by molar-refractivity contribution is 0.0702. The van der Waals surface area contributed by atoms with Gasteiger partial charge in [0, 0.05) is 19.3 Å². The van der Waals surface area contributed by atoms with E-state index in [1.165, 1.54) is 25.9 Å². The lowest BCUT2D eigenvalue weighted by atomic mass is 10.2. The fourth-order valence-electron chi connectivity index (χ4n) is 2.74. The molecular formula is C20H15NO3S3. The van der Waals surface area contributed by atoms with Gasteiger partial charge in [-0.2, -0.15) is 0 Å². The van der Waals surface area contributed by atoms with Gasteiger partial charge in [-0.05, 0) is 48.7 Å². The maximum Gasteiger partial charge on any atom is 0.345 e. The Hall–Kier alpha value is -2.48. The number of hydrogen-bond acceptors (Lipinski definition) is 5. The van der Waals surface area contributed by atoms with Crippen molar-refractivity contribution in [1.82, 2.24) is 5.32 Å². The van der Waals surface area contributed by atoms with Crippen LogP contribution in [-0.2, 0) is 0 Å². The first-order chi connectivity index (χ1) is 13.0. The first-order valence-electron chi connectivity index (χ1n) is 8.24. The van der Waals surface area contributed by atoms with Crippen molar-refractivity contribution in [3.63, 3.8) is 0 Å². The van der Waals surface area contributed by atoms with E-state index in [4.69, 9.17) is 5.11 Å². The molecule has 2 N–H and O–H groups in total. The smallest absolute Gasteiger partial charge is 0.345 e. The number of carboxylic acids is 1. The number of amides is 1. The molecule has 3 heterocycles. The van der Waals surface area contributed by atoms with Gasteiger partial charge in [0.2, 0.25) is 0 Å². The molecular weight excluding hydrogens is 398 g/mol. The number of aromatic carboxylic acids is 1. The number of rotatable bonds is 5. The van der Waals surface area contributed by atoms with Gasteiger partial charge in [-0.3, -0.25) is 4.79 Å². The van der Waals surface area contributed by atoms with Crippen molar-refractivity contribution in [3.8, 4) is 9.75 Å². The van der Waals surface area contributed by atoms with E-state index in [-0.39, 0.29) is 16.8 Å². The Morgan fingerprint density at radius 3 is 2.44 bits per heavy atom. The number of fused-ring (bicyclic) bond motifs is 1. The zero-order valence-electron chi connectivity index (χ0n) is 14.3. The summed E-state index contributed by atoms with van der Waals surface area (Å²) in [5.41, 5.74) is 0. The Kier molecular flexibility index (Phi) is 4.82. The minimum absolute atomic E-state index is 0.152. The first-order valence-corrected chi connectivity index (χ1v) is 10.7. The van der Waals surface area contributed by atoms with E-state index >= 15 is 0 Å². The molecule has 136 valence electrons. The highest BCUT2D eigenvalue weighted by molar-refractivity contribution is 7.26. The van der Waals surface area contributed by atoms with Crippen LogP contribution in [0.3, 0.4) is 0 Å². The number of hydrogen-bond donors (Lipinski definition) is 2. The molecule has 7 heteroatoms. The summed E-state index contributed by atoms with van der Waals surface area (Å²) >= 11 is 4.41. The summed E-state index contributed by atoms with van der Waals surface area (Å²) in [7, 11) is 0. The molecule has 1 amide bonds. The highest BCUT2D eigenvalue weighted by Gasteiger charge is 2.17. The van der Waals surface area contributed by atoms with Crippen LogP contribution < -0.4 is 5.32 Å². The zero-order valence-corrected chi connectivity index (χ0v) is 16.7. The third-order valence-corrected chi connectivity index (χ3v) is 7.76. The number of carbonyl (C=O) groups excluding carboxylic acids is 1. The molecule has 1 aromatic carbocycles. The largest absolute Gasteiger partial charge is 0.477 e. The topological polar surface area (TPSA) is 66.4 Å². The van der Waals surface area contributed by atoms with E-state index < -0.39 is 5.97 Å². The van der Waals surface area contributed by atoms with E-state index in [1.807, 2.05) is 25.1 Å². The van der Waals surface area contributed by atoms with Gasteiger partial charge in [-0.25, -0.2) is 4.79 Å². The molecule has 0 aliphatic carbocycles. The van der Waals surface area contributed by atoms with Gasteiger partial charge in [0.1, 0.15) is 4.88 Å². The van der Waals surface area contributed by atoms with E-state index in [0.717, 1.165) is 16.2 Å². The minimum atomic E-state index is -1.02. The standard InChI is InChI=1S/C20H15NO3S3/c1-11(21-19(22)16-8-9-17(27-16)20(23)24)13-6-7-15(25-13)18-10-12-4-2-3-5-14(12)26-18/h2-11H,1H3,(H,21,22)(H,23,24). The van der Waals surface area contributed by atoms with Crippen LogP contribution in [0, 0.1) is 0 Å². The van der Waals surface area contributed by atoms with Gasteiger partial charge in [-0.15, -0.1) is 34.0 Å². The summed E-state index contributed by atoms with van der Waals surface area (Å²) < 4.78 is 1.26. The monoisotopic (exact) mass is 413 g/mol. The predicted molar refractivity (Wildman–Crippen MR) is 112 cm³/mol. The molecule has 4 nitrogen and oxygen atoms in total. The average Bonchev–Trinajstić information content (AvgIpc) is 3.39. The molecule has 0 saturated carbocycles. The van der Waals surface area contributed by atoms with Crippen LogP contribution in [0.1, 0.15) is 37.2 Å². The molecule has 0 radical (unpaired) electrons. The number of carboxylic acid groups (broad SMARTS) is 1. The summed E-state index contributed by atoms with van der Waals surface area (Å²) in [4.78, 5) is 27.4. The average molecular weight is 414 g/mol. The van der Waals surface area contributed by atoms with Crippen LogP contribution in [0.25, 0.3) is 19.8 Å². The third-order valence-electron chi connectivity index (χ3n) is 4.11. The molecule has 0 aliphatic rings. The van der Waals surface area contributed by atoms with Gasteiger partial charge in [-0.1, -0.05) is 18.2 Å². The summed E-state index contributed by atoms with van der Waals surface area (Å²) in [6.45, 7) is 1.93. The van der Waals surface area contributed by atoms with E-state index in [2.05, 4.69) is 29.6 Å². The van der Waals surface area contributed by atoms with Crippen molar-refractivity contribution in [2.75, 3.05) is 0 Å². The third kappa shape index (κ3) is 3.66. The fourth-order valence-corrected chi connectivity index (χ4v) is 5.64. The quantitative estimate of drug-likeness (QED) is 0.429. The molecule has 4 rings (SSSR count). The minimum Gasteiger partial charge on any atom is -0.477 e. The molecule has 0 saturated heterocycles. The molecule has 27 heavy (non-hydrogen) atoms. The summed E-state index contributed by atoms with van der Waals surface area (Å²) in [6.07, 6.45) is 0. The van der Waals surface area contributed by atoms with Gasteiger partial charge >= 0.3 is 5.97 Å². The maximum absolute atomic E-state index is 12.4. The van der Waals surface area contributed by atoms with Crippen molar-refractivity contribution in [2.45, 2.75) is 13.0 Å². The van der Waals surface area contributed by atoms with Crippen LogP contribution in [0.4, 0.5) is 0 Å². The van der Waals surface area contributed by atoms with Crippen molar-refractivity contribution >= 4 is 56.0 Å². The number of nitrogens with one attached hydrogen (secondary N) is 1. The van der Waals surface area contributed by atoms with E-state index in [9.17, 15) is 9.59 Å². The first kappa shape index (κ1) is 17.9. The van der Waals surface area contributed by atoms with Gasteiger partial charge in [0.05, 0.1) is 10.9 Å². The lowest BCUT2D eigenvalue weighted by Gasteiger charge is -2.11. The maximum atomic E-state index is 12.4. The second-order valence-corrected chi connectivity index (χ2v) is 9.30. The molecule has 0 fully saturated rings. The Balaban J connectivity index is 1.50. The number of thiophene rings is 3. The zero-order chi connectivity index (χ0) is 19.0. The Morgan fingerprint density at radius 2 is 1.70 bits per heavy atom. The highest BCUT2D eigenvalue weighted by atomic mass is 32.1. The molecule has 3 aromatic heterocycles. The summed E-state index contributed by atoms with van der Waals surface area (Å²) in [5, 5.41) is 13.2. The SMILES string of the molecule is CC(NC(=O)c1ccc(C(=O)O)s1)c1ccc(-c2cc3ccccc3s2)s1. The van der Waals surface area contributed by atoms with Crippen LogP contribution in [0.5, 0.6) is 0 Å². The van der Waals surface area contributed by atoms with E-state index in [1.54, 1.807) is 28.7 Å². The van der Waals surface area contributed by atoms with Crippen LogP contribution >= 0.6 is 34.0 Å². The molecule has 0 aliphatic heterocycles. The second kappa shape index (κ2) is 7.26. The Bertz CT molecular complexity index is 1110. The molecule has 0 bridgehead atoms. The Labute approximate surface area is 167 Å². The summed E-state index contributed by atoms with van der Waals surface area (Å²) in [6, 6.07) is 17.5. The van der Waals surface area contributed by atoms with E-state index in [0.29, 0.717) is 4.88 Å². The van der Waals surface area contributed by atoms with Crippen LogP contribution in [0.2, 0.25) is 0 Å². The molecule has 1 unspecified atom stereocenters. The van der Waals surface area contributed by atoms with Crippen molar-refractivity contribution in [2.24, 2.45) is 0 Å². The molecule has 4 aromatic rings. The lowest BCUT2D eigenvalue weighted by Crippen LogP contribution is -2.25. The second-order valence-electron chi connectivity index (χ2n) is 6.01. The number of benzene rings is 1. The van der Waals surface area contributed by atoms with Gasteiger partial charge < -0.3 is 10.4 Å². The highest BCUT2D eigenvalue weighted by Crippen LogP contribution is 2.38. The van der Waals surface area contributed by atoms with Crippen molar-refractivity contribution < 1.29 is 14.7 Å². The summed E-state index contributed by atoms with van der Waals surface area (Å²) in [5.74, 6) is -1.27. The van der Waals surface area contributed by atoms with Gasteiger partial charge in [0.15, 0.2) is 0 Å². The molecule has 0 spiro atoms. The fraction of sp³-hybridized carbons (Fsp3) is 0.100. The Morgan fingerprint density at radius 1 is 0.926 bits per heavy atom. The van der Waals surface area contributed by atoms with Gasteiger partial charge in [0.25, 0.3) is 5.91 Å². The predicted octanol–water partition coefficient (Wildman–Crippen LogP) is 5.88. The van der Waals surface area contributed by atoms with Crippen LogP contribution in [0.15, 0.2) is 54.6 Å². The normalized spacial score (nSPS) is 12.2. The van der Waals surface area contributed by atoms with Crippen molar-refractivity contribution in [1.29, 1.82) is 0 Å². The molecule has 1 atom stereocenters. The number of carbonyl (C=O) groups is 2. The van der Waals surface area contributed by atoms with Crippen LogP contribution in [-0.4, -0.2) is 17.0 Å².